The van der Waals surface area contributed by atoms with Crippen LogP contribution in [0.3, 0.4) is 0 Å². The smallest absolute Gasteiger partial charge is 0.300 e. The molecule has 0 radical (unpaired) electrons. The second-order valence-corrected chi connectivity index (χ2v) is 2.60. The summed E-state index contributed by atoms with van der Waals surface area (Å²) in [5.41, 5.74) is 0. The monoisotopic (exact) mass is 189 g/mol. The van der Waals surface area contributed by atoms with E-state index in [-0.39, 0.29) is 0 Å². The first-order chi connectivity index (χ1) is 6.16. The summed E-state index contributed by atoms with van der Waals surface area (Å²) in [5.74, 6) is -0.833. The number of carbonyl (C=O) groups is 2. The molecule has 1 N–H and O–H groups in total. The van der Waals surface area contributed by atoms with Crippen LogP contribution in [-0.4, -0.2) is 55.1 Å². The Balaban J connectivity index is 0.000000310. The molecule has 1 heterocycles. The summed E-state index contributed by atoms with van der Waals surface area (Å²) in [5, 5.41) is 7.42. The number of carbonyl (C=O) groups excluding carboxylic acids is 1. The maximum Gasteiger partial charge on any atom is 0.300 e. The third-order valence-corrected chi connectivity index (χ3v) is 1.44. The van der Waals surface area contributed by atoms with Crippen LogP contribution in [0.4, 0.5) is 0 Å². The van der Waals surface area contributed by atoms with E-state index in [1.54, 1.807) is 0 Å². The molecule has 0 saturated carbocycles. The van der Waals surface area contributed by atoms with E-state index in [0.717, 1.165) is 39.5 Å². The summed E-state index contributed by atoms with van der Waals surface area (Å²) >= 11 is 0. The zero-order chi connectivity index (χ0) is 10.1. The van der Waals surface area contributed by atoms with Crippen LogP contribution in [0, 0.1) is 0 Å². The van der Waals surface area contributed by atoms with E-state index in [0.29, 0.717) is 6.54 Å². The lowest BCUT2D eigenvalue weighted by atomic mass is 10.4. The van der Waals surface area contributed by atoms with Gasteiger partial charge in [0.2, 0.25) is 0 Å². The van der Waals surface area contributed by atoms with Crippen LogP contribution in [0.2, 0.25) is 0 Å². The third kappa shape index (κ3) is 8.97. The van der Waals surface area contributed by atoms with E-state index < -0.39 is 5.97 Å². The van der Waals surface area contributed by atoms with Crippen molar-refractivity contribution in [3.05, 3.63) is 0 Å². The first kappa shape index (κ1) is 12.1. The molecule has 0 atom stereocenters. The van der Waals surface area contributed by atoms with Crippen molar-refractivity contribution in [2.24, 2.45) is 0 Å². The number of morpholine rings is 1. The van der Waals surface area contributed by atoms with Crippen molar-refractivity contribution in [1.82, 2.24) is 4.90 Å². The lowest BCUT2D eigenvalue weighted by Gasteiger charge is -2.23. The fourth-order valence-corrected chi connectivity index (χ4v) is 0.889. The molecule has 1 fully saturated rings. The van der Waals surface area contributed by atoms with E-state index in [4.69, 9.17) is 14.6 Å². The molecule has 0 aromatic heterocycles. The maximum absolute atomic E-state index is 9.99. The highest BCUT2D eigenvalue weighted by Gasteiger charge is 2.07. The van der Waals surface area contributed by atoms with Crippen LogP contribution in [-0.2, 0) is 14.3 Å². The van der Waals surface area contributed by atoms with Crippen molar-refractivity contribution >= 4 is 12.3 Å². The average molecular weight is 189 g/mol. The van der Waals surface area contributed by atoms with Crippen LogP contribution >= 0.6 is 0 Å². The van der Waals surface area contributed by atoms with Crippen molar-refractivity contribution in [2.45, 2.75) is 6.92 Å². The second-order valence-electron chi connectivity index (χ2n) is 2.60. The van der Waals surface area contributed by atoms with Gasteiger partial charge in [0.1, 0.15) is 6.29 Å². The van der Waals surface area contributed by atoms with Gasteiger partial charge < -0.3 is 14.6 Å². The van der Waals surface area contributed by atoms with Crippen molar-refractivity contribution in [3.8, 4) is 0 Å². The predicted molar refractivity (Wildman–Crippen MR) is 46.6 cm³/mol. The predicted octanol–water partition coefficient (Wildman–Crippen LogP) is -0.392. The van der Waals surface area contributed by atoms with Gasteiger partial charge in [0.15, 0.2) is 0 Å². The molecule has 1 aliphatic heterocycles. The van der Waals surface area contributed by atoms with Gasteiger partial charge in [0, 0.05) is 20.0 Å². The molecular weight excluding hydrogens is 174 g/mol. The molecule has 0 bridgehead atoms. The zero-order valence-corrected chi connectivity index (χ0v) is 7.73. The Morgan fingerprint density at radius 1 is 1.54 bits per heavy atom. The van der Waals surface area contributed by atoms with Crippen LogP contribution in [0.1, 0.15) is 6.92 Å². The van der Waals surface area contributed by atoms with E-state index in [2.05, 4.69) is 4.90 Å². The summed E-state index contributed by atoms with van der Waals surface area (Å²) in [4.78, 5) is 21.1. The number of hydrogen-bond donors (Lipinski definition) is 1. The highest BCUT2D eigenvalue weighted by molar-refractivity contribution is 5.62. The Bertz CT molecular complexity index is 150. The summed E-state index contributed by atoms with van der Waals surface area (Å²) in [6.45, 7) is 4.99. The average Bonchev–Trinajstić information content (AvgIpc) is 2.06. The molecule has 0 unspecified atom stereocenters. The van der Waals surface area contributed by atoms with Crippen LogP contribution < -0.4 is 0 Å². The van der Waals surface area contributed by atoms with Crippen LogP contribution in [0.15, 0.2) is 0 Å². The molecule has 76 valence electrons. The Morgan fingerprint density at radius 2 is 2.00 bits per heavy atom. The fourth-order valence-electron chi connectivity index (χ4n) is 0.889. The van der Waals surface area contributed by atoms with Gasteiger partial charge in [-0.1, -0.05) is 0 Å². The molecule has 1 saturated heterocycles. The van der Waals surface area contributed by atoms with E-state index in [9.17, 15) is 4.79 Å². The van der Waals surface area contributed by atoms with Gasteiger partial charge in [0.25, 0.3) is 5.97 Å². The van der Waals surface area contributed by atoms with Gasteiger partial charge in [-0.3, -0.25) is 9.69 Å². The molecule has 0 amide bonds. The summed E-state index contributed by atoms with van der Waals surface area (Å²) in [6, 6.07) is 0. The van der Waals surface area contributed by atoms with Crippen molar-refractivity contribution in [2.75, 3.05) is 32.8 Å². The van der Waals surface area contributed by atoms with Crippen LogP contribution in [0.25, 0.3) is 0 Å². The Labute approximate surface area is 77.3 Å². The first-order valence-electron chi connectivity index (χ1n) is 4.10. The quantitative estimate of drug-likeness (QED) is 0.599. The maximum atomic E-state index is 9.99. The van der Waals surface area contributed by atoms with Crippen molar-refractivity contribution < 1.29 is 19.4 Å². The van der Waals surface area contributed by atoms with Gasteiger partial charge >= 0.3 is 0 Å². The lowest BCUT2D eigenvalue weighted by molar-refractivity contribution is -0.134. The topological polar surface area (TPSA) is 66.8 Å². The molecular formula is C8H15NO4. The Morgan fingerprint density at radius 3 is 2.38 bits per heavy atom. The lowest BCUT2D eigenvalue weighted by Crippen LogP contribution is -2.37. The molecule has 1 aliphatic rings. The van der Waals surface area contributed by atoms with Gasteiger partial charge in [-0.15, -0.1) is 0 Å². The molecule has 5 nitrogen and oxygen atoms in total. The van der Waals surface area contributed by atoms with E-state index >= 15 is 0 Å². The molecule has 0 aliphatic carbocycles. The van der Waals surface area contributed by atoms with Crippen molar-refractivity contribution in [3.63, 3.8) is 0 Å². The number of nitrogens with zero attached hydrogens (tertiary/aromatic N) is 1. The van der Waals surface area contributed by atoms with E-state index in [1.807, 2.05) is 0 Å². The summed E-state index contributed by atoms with van der Waals surface area (Å²) in [7, 11) is 0. The number of ether oxygens (including phenoxy) is 1. The van der Waals surface area contributed by atoms with Crippen LogP contribution in [0.5, 0.6) is 0 Å². The molecule has 1 rings (SSSR count). The van der Waals surface area contributed by atoms with Gasteiger partial charge in [-0.05, 0) is 0 Å². The number of aldehydes is 1. The zero-order valence-electron chi connectivity index (χ0n) is 7.73. The van der Waals surface area contributed by atoms with Gasteiger partial charge in [-0.25, -0.2) is 0 Å². The summed E-state index contributed by atoms with van der Waals surface area (Å²) < 4.78 is 5.09. The Hall–Kier alpha value is -0.940. The second kappa shape index (κ2) is 7.70. The van der Waals surface area contributed by atoms with Crippen molar-refractivity contribution in [1.29, 1.82) is 0 Å². The molecule has 0 aromatic rings. The minimum Gasteiger partial charge on any atom is -0.481 e. The standard InChI is InChI=1S/C6H11NO2.C2H4O2/c8-4-1-7-2-5-9-6-3-7;1-2(3)4/h4H,1-3,5-6H2;1H3,(H,3,4). The number of hydrogen-bond acceptors (Lipinski definition) is 4. The highest BCUT2D eigenvalue weighted by atomic mass is 16.5. The molecule has 5 heteroatoms. The normalized spacial score (nSPS) is 17.0. The largest absolute Gasteiger partial charge is 0.481 e. The van der Waals surface area contributed by atoms with Gasteiger partial charge in [0.05, 0.1) is 19.8 Å². The highest BCUT2D eigenvalue weighted by Crippen LogP contribution is 1.93. The first-order valence-corrected chi connectivity index (χ1v) is 4.10. The Kier molecular flexibility index (Phi) is 7.14. The van der Waals surface area contributed by atoms with Gasteiger partial charge in [-0.2, -0.15) is 0 Å². The minimum absolute atomic E-state index is 0.559. The minimum atomic E-state index is -0.833. The fraction of sp³-hybridized carbons (Fsp3) is 0.750. The molecule has 13 heavy (non-hydrogen) atoms. The number of carboxylic acid groups (broad SMARTS) is 1. The number of aliphatic carboxylic acids is 1. The third-order valence-electron chi connectivity index (χ3n) is 1.44. The molecule has 0 aromatic carbocycles. The number of rotatable bonds is 2. The summed E-state index contributed by atoms with van der Waals surface area (Å²) in [6.07, 6.45) is 0.936. The SMILES string of the molecule is CC(=O)O.O=CCN1CCOCC1. The molecule has 0 spiro atoms. The number of carboxylic acids is 1. The van der Waals surface area contributed by atoms with E-state index in [1.165, 1.54) is 0 Å².